The van der Waals surface area contributed by atoms with Crippen LogP contribution in [0.25, 0.3) is 0 Å². The first kappa shape index (κ1) is 18.7. The van der Waals surface area contributed by atoms with Crippen molar-refractivity contribution < 1.29 is 0 Å². The van der Waals surface area contributed by atoms with Crippen molar-refractivity contribution in [1.29, 1.82) is 0 Å². The van der Waals surface area contributed by atoms with Crippen LogP contribution in [0.4, 0.5) is 0 Å². The highest BCUT2D eigenvalue weighted by Crippen LogP contribution is 2.09. The van der Waals surface area contributed by atoms with Gasteiger partial charge in [0.1, 0.15) is 0 Å². The minimum absolute atomic E-state index is 0.807. The lowest BCUT2D eigenvalue weighted by Gasteiger charge is -2.34. The molecule has 0 unspecified atom stereocenters. The van der Waals surface area contributed by atoms with Crippen LogP contribution in [0, 0.1) is 13.8 Å². The number of likely N-dealkylation sites (N-methyl/N-ethyl adjacent to an activating group) is 1. The van der Waals surface area contributed by atoms with E-state index in [2.05, 4.69) is 64.4 Å². The topological polar surface area (TPSA) is 42.9 Å². The second-order valence-electron chi connectivity index (χ2n) is 6.56. The minimum Gasteiger partial charge on any atom is -0.355 e. The molecule has 0 saturated carbocycles. The summed E-state index contributed by atoms with van der Waals surface area (Å²) in [5.74, 6) is 0.877. The van der Waals surface area contributed by atoms with Gasteiger partial charge in [0.05, 0.1) is 0 Å². The zero-order valence-corrected chi connectivity index (χ0v) is 15.7. The van der Waals surface area contributed by atoms with E-state index in [0.717, 1.165) is 25.6 Å². The Morgan fingerprint density at radius 3 is 2.42 bits per heavy atom. The summed E-state index contributed by atoms with van der Waals surface area (Å²) in [5.41, 5.74) is 3.95. The molecule has 1 aliphatic rings. The largest absolute Gasteiger partial charge is 0.355 e. The molecule has 2 rings (SSSR count). The highest BCUT2D eigenvalue weighted by atomic mass is 15.3. The normalized spacial score (nSPS) is 17.1. The van der Waals surface area contributed by atoms with Crippen LogP contribution in [-0.2, 0) is 6.54 Å². The molecule has 1 aromatic rings. The number of hydrogen-bond acceptors (Lipinski definition) is 3. The summed E-state index contributed by atoms with van der Waals surface area (Å²) in [6, 6.07) is 6.58. The number of nitrogens with zero attached hydrogens (tertiary/aromatic N) is 3. The smallest absolute Gasteiger partial charge is 0.191 e. The van der Waals surface area contributed by atoms with E-state index in [0.29, 0.717) is 0 Å². The van der Waals surface area contributed by atoms with Crippen LogP contribution in [0.2, 0.25) is 0 Å². The summed E-state index contributed by atoms with van der Waals surface area (Å²) >= 11 is 0. The van der Waals surface area contributed by atoms with Gasteiger partial charge >= 0.3 is 0 Å². The van der Waals surface area contributed by atoms with Crippen LogP contribution in [0.5, 0.6) is 0 Å². The molecule has 1 saturated heterocycles. The van der Waals surface area contributed by atoms with E-state index in [1.165, 1.54) is 49.4 Å². The van der Waals surface area contributed by atoms with Gasteiger partial charge in [-0.1, -0.05) is 30.7 Å². The summed E-state index contributed by atoms with van der Waals surface area (Å²) < 4.78 is 0. The molecule has 1 aliphatic heterocycles. The van der Waals surface area contributed by atoms with E-state index in [-0.39, 0.29) is 0 Å². The lowest BCUT2D eigenvalue weighted by molar-refractivity contribution is 0.139. The van der Waals surface area contributed by atoms with Crippen molar-refractivity contribution in [1.82, 2.24) is 20.4 Å². The van der Waals surface area contributed by atoms with E-state index in [9.17, 15) is 0 Å². The number of hydrogen-bond donors (Lipinski definition) is 2. The van der Waals surface area contributed by atoms with Crippen molar-refractivity contribution in [2.75, 3.05) is 52.9 Å². The van der Waals surface area contributed by atoms with Gasteiger partial charge in [-0.15, -0.1) is 0 Å². The minimum atomic E-state index is 0.807. The number of nitrogens with one attached hydrogen (secondary N) is 2. The fourth-order valence-corrected chi connectivity index (χ4v) is 3.11. The first-order chi connectivity index (χ1) is 11.6. The third kappa shape index (κ3) is 5.80. The van der Waals surface area contributed by atoms with Crippen LogP contribution in [0.15, 0.2) is 23.2 Å². The maximum atomic E-state index is 4.33. The molecule has 0 spiro atoms. The summed E-state index contributed by atoms with van der Waals surface area (Å²) in [5, 5.41) is 6.84. The maximum Gasteiger partial charge on any atom is 0.191 e. The van der Waals surface area contributed by atoms with Crippen molar-refractivity contribution in [2.45, 2.75) is 27.3 Å². The third-order valence-corrected chi connectivity index (χ3v) is 4.80. The molecule has 0 amide bonds. The average Bonchev–Trinajstić information content (AvgIpc) is 2.59. The third-order valence-electron chi connectivity index (χ3n) is 4.80. The Morgan fingerprint density at radius 1 is 1.08 bits per heavy atom. The number of piperazine rings is 1. The molecule has 0 radical (unpaired) electrons. The summed E-state index contributed by atoms with van der Waals surface area (Å²) in [6.45, 7) is 15.2. The van der Waals surface area contributed by atoms with Gasteiger partial charge in [0.2, 0.25) is 0 Å². The Balaban J connectivity index is 1.69. The molecule has 5 nitrogen and oxygen atoms in total. The molecule has 2 N–H and O–H groups in total. The Bertz CT molecular complexity index is 533. The Hall–Kier alpha value is -1.59. The number of aryl methyl sites for hydroxylation is 2. The van der Waals surface area contributed by atoms with Crippen LogP contribution in [-0.4, -0.2) is 68.6 Å². The summed E-state index contributed by atoms with van der Waals surface area (Å²) in [4.78, 5) is 9.36. The van der Waals surface area contributed by atoms with Gasteiger partial charge in [0.25, 0.3) is 0 Å². The fraction of sp³-hybridized carbons (Fsp3) is 0.632. The molecular formula is C19H33N5. The van der Waals surface area contributed by atoms with Gasteiger partial charge in [-0.05, 0) is 31.5 Å². The molecule has 1 aromatic carbocycles. The van der Waals surface area contributed by atoms with Crippen molar-refractivity contribution in [3.63, 3.8) is 0 Å². The van der Waals surface area contributed by atoms with E-state index < -0.39 is 0 Å². The zero-order chi connectivity index (χ0) is 17.4. The summed E-state index contributed by atoms with van der Waals surface area (Å²) in [6.07, 6.45) is 0. The molecule has 0 aromatic heterocycles. The fourth-order valence-electron chi connectivity index (χ4n) is 3.11. The van der Waals surface area contributed by atoms with Gasteiger partial charge in [0, 0.05) is 52.9 Å². The standard InChI is InChI=1S/C19H33N5/c1-5-23-10-12-24(13-11-23)9-8-21-19(20-4)22-15-18-7-6-16(2)14-17(18)3/h6-7,14H,5,8-13,15H2,1-4H3,(H2,20,21,22). The van der Waals surface area contributed by atoms with Gasteiger partial charge in [-0.3, -0.25) is 9.89 Å². The van der Waals surface area contributed by atoms with Crippen molar-refractivity contribution >= 4 is 5.96 Å². The van der Waals surface area contributed by atoms with Crippen molar-refractivity contribution in [3.8, 4) is 0 Å². The predicted octanol–water partition coefficient (Wildman–Crippen LogP) is 1.61. The molecule has 134 valence electrons. The quantitative estimate of drug-likeness (QED) is 0.614. The van der Waals surface area contributed by atoms with Gasteiger partial charge < -0.3 is 15.5 Å². The molecule has 0 bridgehead atoms. The van der Waals surface area contributed by atoms with Crippen LogP contribution < -0.4 is 10.6 Å². The second-order valence-corrected chi connectivity index (χ2v) is 6.56. The van der Waals surface area contributed by atoms with E-state index >= 15 is 0 Å². The van der Waals surface area contributed by atoms with Gasteiger partial charge in [-0.25, -0.2) is 0 Å². The zero-order valence-electron chi connectivity index (χ0n) is 15.7. The van der Waals surface area contributed by atoms with Crippen molar-refractivity contribution in [2.24, 2.45) is 4.99 Å². The van der Waals surface area contributed by atoms with Crippen LogP contribution >= 0.6 is 0 Å². The molecule has 5 heteroatoms. The maximum absolute atomic E-state index is 4.33. The number of guanidine groups is 1. The number of rotatable bonds is 6. The predicted molar refractivity (Wildman–Crippen MR) is 103 cm³/mol. The Labute approximate surface area is 147 Å². The molecular weight excluding hydrogens is 298 g/mol. The Kier molecular flexibility index (Phi) is 7.53. The van der Waals surface area contributed by atoms with Crippen LogP contribution in [0.1, 0.15) is 23.6 Å². The lowest BCUT2D eigenvalue weighted by atomic mass is 10.1. The lowest BCUT2D eigenvalue weighted by Crippen LogP contribution is -2.49. The molecule has 1 fully saturated rings. The van der Waals surface area contributed by atoms with E-state index in [4.69, 9.17) is 0 Å². The first-order valence-electron chi connectivity index (χ1n) is 9.07. The monoisotopic (exact) mass is 331 g/mol. The second kappa shape index (κ2) is 9.64. The number of benzene rings is 1. The molecule has 0 aliphatic carbocycles. The highest BCUT2D eigenvalue weighted by Gasteiger charge is 2.14. The molecule has 24 heavy (non-hydrogen) atoms. The van der Waals surface area contributed by atoms with Crippen molar-refractivity contribution in [3.05, 3.63) is 34.9 Å². The average molecular weight is 332 g/mol. The SMILES string of the molecule is CCN1CCN(CCNC(=NC)NCc2ccc(C)cc2C)CC1. The highest BCUT2D eigenvalue weighted by molar-refractivity contribution is 5.79. The Morgan fingerprint density at radius 2 is 1.79 bits per heavy atom. The molecule has 1 heterocycles. The molecule has 0 atom stereocenters. The van der Waals surface area contributed by atoms with Crippen LogP contribution in [0.3, 0.4) is 0 Å². The summed E-state index contributed by atoms with van der Waals surface area (Å²) in [7, 11) is 1.83. The van der Waals surface area contributed by atoms with Gasteiger partial charge in [0.15, 0.2) is 5.96 Å². The van der Waals surface area contributed by atoms with Gasteiger partial charge in [-0.2, -0.15) is 0 Å². The van der Waals surface area contributed by atoms with E-state index in [1.54, 1.807) is 0 Å². The number of aliphatic imine (C=N–C) groups is 1. The first-order valence-corrected chi connectivity index (χ1v) is 9.07. The van der Waals surface area contributed by atoms with E-state index in [1.807, 2.05) is 7.05 Å².